The SMILES string of the molecule is O=C1Nc2c(cccc2C(F)(F)F)C1C1CCC(F)(F)CC1. The quantitative estimate of drug-likeness (QED) is 0.755. The van der Waals surface area contributed by atoms with E-state index >= 15 is 0 Å². The molecule has 22 heavy (non-hydrogen) atoms. The smallest absolute Gasteiger partial charge is 0.325 e. The molecule has 3 rings (SSSR count). The first-order chi connectivity index (χ1) is 10.2. The van der Waals surface area contributed by atoms with Gasteiger partial charge in [-0.1, -0.05) is 12.1 Å². The van der Waals surface area contributed by atoms with Crippen molar-refractivity contribution in [1.29, 1.82) is 0 Å². The summed E-state index contributed by atoms with van der Waals surface area (Å²) in [6.07, 6.45) is -4.93. The number of anilines is 1. The molecule has 0 saturated heterocycles. The summed E-state index contributed by atoms with van der Waals surface area (Å²) in [6.45, 7) is 0. The summed E-state index contributed by atoms with van der Waals surface area (Å²) < 4.78 is 65.4. The molecule has 1 atom stereocenters. The van der Waals surface area contributed by atoms with Gasteiger partial charge in [0, 0.05) is 12.8 Å². The number of para-hydroxylation sites is 1. The molecular formula is C15H14F5NO. The standard InChI is InChI=1S/C15H14F5NO/c16-14(17)6-4-8(5-7-14)11-9-2-1-3-10(15(18,19)20)12(9)21-13(11)22/h1-3,8,11H,4-7H2,(H,21,22). The second-order valence-corrected chi connectivity index (χ2v) is 5.93. The van der Waals surface area contributed by atoms with Crippen LogP contribution in [-0.4, -0.2) is 11.8 Å². The Balaban J connectivity index is 1.93. The molecule has 1 fully saturated rings. The normalized spacial score (nSPS) is 25.0. The molecule has 0 bridgehead atoms. The zero-order valence-electron chi connectivity index (χ0n) is 11.5. The van der Waals surface area contributed by atoms with Gasteiger partial charge in [0.25, 0.3) is 0 Å². The Morgan fingerprint density at radius 3 is 2.36 bits per heavy atom. The molecule has 1 N–H and O–H groups in total. The lowest BCUT2D eigenvalue weighted by Crippen LogP contribution is -2.30. The highest BCUT2D eigenvalue weighted by molar-refractivity contribution is 6.04. The van der Waals surface area contributed by atoms with Crippen LogP contribution < -0.4 is 5.32 Å². The van der Waals surface area contributed by atoms with Crippen LogP contribution in [0.1, 0.15) is 42.7 Å². The Morgan fingerprint density at radius 2 is 1.77 bits per heavy atom. The van der Waals surface area contributed by atoms with Crippen molar-refractivity contribution in [2.45, 2.75) is 43.7 Å². The first kappa shape index (κ1) is 15.2. The number of hydrogen-bond donors (Lipinski definition) is 1. The maximum absolute atomic E-state index is 13.2. The van der Waals surface area contributed by atoms with Crippen molar-refractivity contribution in [3.05, 3.63) is 29.3 Å². The fourth-order valence-corrected chi connectivity index (χ4v) is 3.41. The number of nitrogens with one attached hydrogen (secondary N) is 1. The molecule has 2 aliphatic rings. The summed E-state index contributed by atoms with van der Waals surface area (Å²) in [7, 11) is 0. The number of alkyl halides is 5. The van der Waals surface area contributed by atoms with Gasteiger partial charge >= 0.3 is 6.18 Å². The van der Waals surface area contributed by atoms with E-state index in [1.807, 2.05) is 0 Å². The summed E-state index contributed by atoms with van der Waals surface area (Å²) in [6, 6.07) is 3.64. The van der Waals surface area contributed by atoms with Gasteiger partial charge in [0.15, 0.2) is 0 Å². The number of hydrogen-bond acceptors (Lipinski definition) is 1. The van der Waals surface area contributed by atoms with Crippen LogP contribution in [0, 0.1) is 5.92 Å². The minimum Gasteiger partial charge on any atom is -0.325 e. The van der Waals surface area contributed by atoms with E-state index in [2.05, 4.69) is 5.32 Å². The highest BCUT2D eigenvalue weighted by Gasteiger charge is 2.45. The predicted molar refractivity (Wildman–Crippen MR) is 69.7 cm³/mol. The van der Waals surface area contributed by atoms with Crippen LogP contribution in [0.15, 0.2) is 18.2 Å². The van der Waals surface area contributed by atoms with E-state index in [0.29, 0.717) is 0 Å². The summed E-state index contributed by atoms with van der Waals surface area (Å²) in [5, 5.41) is 2.29. The number of carbonyl (C=O) groups is 1. The predicted octanol–water partition coefficient (Wildman–Crippen LogP) is 4.57. The molecule has 7 heteroatoms. The van der Waals surface area contributed by atoms with E-state index in [9.17, 15) is 26.7 Å². The zero-order valence-corrected chi connectivity index (χ0v) is 11.5. The third kappa shape index (κ3) is 2.57. The molecule has 120 valence electrons. The van der Waals surface area contributed by atoms with Crippen molar-refractivity contribution in [2.75, 3.05) is 5.32 Å². The summed E-state index contributed by atoms with van der Waals surface area (Å²) in [5.41, 5.74) is -0.834. The first-order valence-corrected chi connectivity index (χ1v) is 7.08. The third-order valence-electron chi connectivity index (χ3n) is 4.50. The Hall–Kier alpha value is -1.66. The second kappa shape index (κ2) is 4.93. The largest absolute Gasteiger partial charge is 0.418 e. The van der Waals surface area contributed by atoms with Crippen LogP contribution in [0.4, 0.5) is 27.6 Å². The lowest BCUT2D eigenvalue weighted by atomic mass is 9.76. The van der Waals surface area contributed by atoms with E-state index in [1.165, 1.54) is 12.1 Å². The molecular weight excluding hydrogens is 305 g/mol. The van der Waals surface area contributed by atoms with Crippen molar-refractivity contribution in [1.82, 2.24) is 0 Å². The Morgan fingerprint density at radius 1 is 1.14 bits per heavy atom. The average Bonchev–Trinajstić information content (AvgIpc) is 2.73. The van der Waals surface area contributed by atoms with E-state index < -0.39 is 29.5 Å². The molecule has 1 aromatic carbocycles. The van der Waals surface area contributed by atoms with E-state index in [0.717, 1.165) is 6.07 Å². The van der Waals surface area contributed by atoms with Gasteiger partial charge in [0.1, 0.15) is 0 Å². The lowest BCUT2D eigenvalue weighted by Gasteiger charge is -2.31. The van der Waals surface area contributed by atoms with Gasteiger partial charge in [-0.05, 0) is 30.4 Å². The molecule has 1 amide bonds. The van der Waals surface area contributed by atoms with Crippen molar-refractivity contribution in [3.8, 4) is 0 Å². The monoisotopic (exact) mass is 319 g/mol. The highest BCUT2D eigenvalue weighted by Crippen LogP contribution is 2.49. The summed E-state index contributed by atoms with van der Waals surface area (Å²) >= 11 is 0. The maximum atomic E-state index is 13.2. The molecule has 1 aliphatic heterocycles. The first-order valence-electron chi connectivity index (χ1n) is 7.08. The van der Waals surface area contributed by atoms with Crippen LogP contribution in [0.25, 0.3) is 0 Å². The number of fused-ring (bicyclic) bond motifs is 1. The fraction of sp³-hybridized carbons (Fsp3) is 0.533. The van der Waals surface area contributed by atoms with Gasteiger partial charge in [-0.2, -0.15) is 13.2 Å². The number of amides is 1. The number of rotatable bonds is 1. The zero-order chi connectivity index (χ0) is 16.1. The third-order valence-corrected chi connectivity index (χ3v) is 4.50. The summed E-state index contributed by atoms with van der Waals surface area (Å²) in [5.74, 6) is -4.37. The van der Waals surface area contributed by atoms with Gasteiger partial charge in [-0.3, -0.25) is 4.79 Å². The molecule has 1 unspecified atom stereocenters. The molecule has 1 aromatic rings. The number of halogens is 5. The van der Waals surface area contributed by atoms with Crippen LogP contribution >= 0.6 is 0 Å². The molecule has 0 aromatic heterocycles. The van der Waals surface area contributed by atoms with Crippen molar-refractivity contribution in [2.24, 2.45) is 5.92 Å². The van der Waals surface area contributed by atoms with E-state index in [-0.39, 0.29) is 42.9 Å². The van der Waals surface area contributed by atoms with Crippen molar-refractivity contribution >= 4 is 11.6 Å². The maximum Gasteiger partial charge on any atom is 0.418 e. The van der Waals surface area contributed by atoms with Crippen LogP contribution in [-0.2, 0) is 11.0 Å². The molecule has 1 heterocycles. The van der Waals surface area contributed by atoms with Gasteiger partial charge < -0.3 is 5.32 Å². The topological polar surface area (TPSA) is 29.1 Å². The Kier molecular flexibility index (Phi) is 3.41. The average molecular weight is 319 g/mol. The van der Waals surface area contributed by atoms with Crippen molar-refractivity contribution in [3.63, 3.8) is 0 Å². The van der Waals surface area contributed by atoms with Gasteiger partial charge in [0.2, 0.25) is 11.8 Å². The Bertz CT molecular complexity index is 600. The summed E-state index contributed by atoms with van der Waals surface area (Å²) in [4.78, 5) is 12.1. The molecule has 0 radical (unpaired) electrons. The van der Waals surface area contributed by atoms with Crippen molar-refractivity contribution < 1.29 is 26.7 Å². The van der Waals surface area contributed by atoms with Gasteiger partial charge in [0.05, 0.1) is 17.2 Å². The van der Waals surface area contributed by atoms with Gasteiger partial charge in [-0.25, -0.2) is 8.78 Å². The second-order valence-electron chi connectivity index (χ2n) is 5.93. The molecule has 1 saturated carbocycles. The molecule has 1 aliphatic carbocycles. The highest BCUT2D eigenvalue weighted by atomic mass is 19.4. The number of benzene rings is 1. The van der Waals surface area contributed by atoms with E-state index in [1.54, 1.807) is 0 Å². The lowest BCUT2D eigenvalue weighted by molar-refractivity contribution is -0.136. The van der Waals surface area contributed by atoms with E-state index in [4.69, 9.17) is 0 Å². The number of carbonyl (C=O) groups excluding carboxylic acids is 1. The van der Waals surface area contributed by atoms with Gasteiger partial charge in [-0.15, -0.1) is 0 Å². The minimum atomic E-state index is -4.56. The van der Waals surface area contributed by atoms with Crippen LogP contribution in [0.2, 0.25) is 0 Å². The Labute approximate surface area is 123 Å². The minimum absolute atomic E-state index is 0.140. The van der Waals surface area contributed by atoms with Crippen LogP contribution in [0.5, 0.6) is 0 Å². The fourth-order valence-electron chi connectivity index (χ4n) is 3.41. The molecule has 2 nitrogen and oxygen atoms in total. The molecule has 0 spiro atoms. The van der Waals surface area contributed by atoms with Crippen LogP contribution in [0.3, 0.4) is 0 Å².